The molecule has 2 aromatic rings. The van der Waals surface area contributed by atoms with E-state index in [1.807, 2.05) is 42.2 Å². The van der Waals surface area contributed by atoms with Gasteiger partial charge in [-0.15, -0.1) is 6.58 Å². The Bertz CT molecular complexity index is 1170. The average Bonchev–Trinajstić information content (AvgIpc) is 2.94. The number of amides is 1. The number of rotatable bonds is 13. The Balaban J connectivity index is 1.94. The maximum atomic E-state index is 13.1. The molecule has 0 saturated heterocycles. The lowest BCUT2D eigenvalue weighted by Crippen LogP contribution is -2.40. The Morgan fingerprint density at radius 1 is 1.13 bits per heavy atom. The zero-order chi connectivity index (χ0) is 28.4. The van der Waals surface area contributed by atoms with Crippen LogP contribution in [0.2, 0.25) is 0 Å². The smallest absolute Gasteiger partial charge is 0.410 e. The monoisotopic (exact) mass is 594 g/mol. The summed E-state index contributed by atoms with van der Waals surface area (Å²) in [4.78, 5) is 30.3. The van der Waals surface area contributed by atoms with E-state index in [9.17, 15) is 9.59 Å². The van der Waals surface area contributed by atoms with E-state index in [4.69, 9.17) is 4.74 Å². The molecule has 6 heteroatoms. The topological polar surface area (TPSA) is 49.9 Å². The predicted octanol–water partition coefficient (Wildman–Crippen LogP) is 8.39. The molecule has 39 heavy (non-hydrogen) atoms. The number of ether oxygens (including phenoxy) is 1. The highest BCUT2D eigenvalue weighted by atomic mass is 79.9. The first-order valence-corrected chi connectivity index (χ1v) is 15.0. The van der Waals surface area contributed by atoms with Crippen LogP contribution in [0, 0.1) is 6.92 Å². The second-order valence-corrected chi connectivity index (χ2v) is 11.0. The Morgan fingerprint density at radius 2 is 1.87 bits per heavy atom. The molecule has 0 saturated carbocycles. The van der Waals surface area contributed by atoms with Crippen LogP contribution in [0.5, 0.6) is 0 Å². The third-order valence-corrected chi connectivity index (χ3v) is 7.93. The molecule has 210 valence electrons. The summed E-state index contributed by atoms with van der Waals surface area (Å²) < 4.78 is 6.49. The molecule has 3 rings (SSSR count). The van der Waals surface area contributed by atoms with Gasteiger partial charge in [-0.1, -0.05) is 66.2 Å². The highest BCUT2D eigenvalue weighted by Crippen LogP contribution is 2.43. The second-order valence-electron chi connectivity index (χ2n) is 10.1. The molecule has 0 N–H and O–H groups in total. The maximum Gasteiger partial charge on any atom is 0.410 e. The summed E-state index contributed by atoms with van der Waals surface area (Å²) in [7, 11) is 0. The molecule has 5 nitrogen and oxygen atoms in total. The molecule has 1 unspecified atom stereocenters. The van der Waals surface area contributed by atoms with E-state index in [1.165, 1.54) is 16.7 Å². The van der Waals surface area contributed by atoms with Crippen molar-refractivity contribution >= 4 is 33.4 Å². The van der Waals surface area contributed by atoms with Crippen LogP contribution in [0.3, 0.4) is 0 Å². The summed E-state index contributed by atoms with van der Waals surface area (Å²) in [6, 6.07) is 13.9. The number of ketones is 1. The van der Waals surface area contributed by atoms with Crippen LogP contribution in [-0.4, -0.2) is 54.5 Å². The Hall–Kier alpha value is -2.70. The van der Waals surface area contributed by atoms with Crippen LogP contribution < -0.4 is 0 Å². The van der Waals surface area contributed by atoms with Crippen LogP contribution >= 0.6 is 15.9 Å². The van der Waals surface area contributed by atoms with E-state index in [0.717, 1.165) is 54.5 Å². The first-order valence-electron chi connectivity index (χ1n) is 14.2. The summed E-state index contributed by atoms with van der Waals surface area (Å²) >= 11 is 3.63. The fraction of sp³-hybridized carbons (Fsp3) is 0.455. The van der Waals surface area contributed by atoms with Gasteiger partial charge in [0, 0.05) is 23.0 Å². The van der Waals surface area contributed by atoms with Crippen LogP contribution in [0.15, 0.2) is 65.2 Å². The standard InChI is InChI=1S/C33H43BrN2O3/c1-6-11-29-28(30-23-27(34)18-13-24(30)5)19-22-36(33(38)39-9-4)32(29)26-16-14-25(15-17-26)31(37)12-10-21-35(8-3)20-7-2/h6,13-18,23,32H,1,7-12,19-22H2,2-5H3. The number of Topliss-reactive ketones (excluding diaryl/α,β-unsaturated/α-hetero) is 1. The summed E-state index contributed by atoms with van der Waals surface area (Å²) in [5, 5.41) is 0. The van der Waals surface area contributed by atoms with Crippen molar-refractivity contribution in [3.63, 3.8) is 0 Å². The first kappa shape index (κ1) is 30.8. The number of allylic oxidation sites excluding steroid dienone is 1. The molecule has 1 aliphatic rings. The molecule has 0 radical (unpaired) electrons. The lowest BCUT2D eigenvalue weighted by molar-refractivity contribution is 0.0939. The Morgan fingerprint density at radius 3 is 2.51 bits per heavy atom. The number of carbonyl (C=O) groups excluding carboxylic acids is 2. The van der Waals surface area contributed by atoms with Gasteiger partial charge in [-0.3, -0.25) is 9.69 Å². The largest absolute Gasteiger partial charge is 0.450 e. The van der Waals surface area contributed by atoms with Gasteiger partial charge < -0.3 is 9.64 Å². The highest BCUT2D eigenvalue weighted by Gasteiger charge is 2.35. The zero-order valence-corrected chi connectivity index (χ0v) is 25.6. The summed E-state index contributed by atoms with van der Waals surface area (Å²) in [5.41, 5.74) is 6.45. The van der Waals surface area contributed by atoms with E-state index in [0.29, 0.717) is 31.6 Å². The SMILES string of the molecule is C=CCC1=C(c2cc(Br)ccc2C)CCN(C(=O)OCC)C1c1ccc(C(=O)CCCN(CC)CCC)cc1. The van der Waals surface area contributed by atoms with Crippen molar-refractivity contribution in [1.82, 2.24) is 9.80 Å². The van der Waals surface area contributed by atoms with Gasteiger partial charge in [-0.05, 0) is 99.1 Å². The normalized spacial score (nSPS) is 15.5. The van der Waals surface area contributed by atoms with Gasteiger partial charge in [-0.25, -0.2) is 4.79 Å². The van der Waals surface area contributed by atoms with Crippen LogP contribution in [0.1, 0.15) is 86.0 Å². The minimum absolute atomic E-state index is 0.160. The first-order chi connectivity index (χ1) is 18.8. The van der Waals surface area contributed by atoms with Gasteiger partial charge in [0.15, 0.2) is 5.78 Å². The van der Waals surface area contributed by atoms with Crippen molar-refractivity contribution in [3.05, 3.63) is 87.4 Å². The maximum absolute atomic E-state index is 13.1. The number of nitrogens with zero attached hydrogens (tertiary/aromatic N) is 2. The molecule has 1 heterocycles. The van der Waals surface area contributed by atoms with Crippen molar-refractivity contribution in [2.45, 2.75) is 65.8 Å². The van der Waals surface area contributed by atoms with Gasteiger partial charge >= 0.3 is 6.09 Å². The van der Waals surface area contributed by atoms with Crippen LogP contribution in [0.4, 0.5) is 4.79 Å². The molecule has 0 fully saturated rings. The molecule has 1 amide bonds. The van der Waals surface area contributed by atoms with E-state index in [2.05, 4.69) is 66.4 Å². The fourth-order valence-electron chi connectivity index (χ4n) is 5.48. The predicted molar refractivity (Wildman–Crippen MR) is 164 cm³/mol. The molecular weight excluding hydrogens is 552 g/mol. The number of benzene rings is 2. The molecule has 2 aromatic carbocycles. The average molecular weight is 596 g/mol. The number of aryl methyl sites for hydroxylation is 1. The van der Waals surface area contributed by atoms with Gasteiger partial charge in [0.25, 0.3) is 0 Å². The summed E-state index contributed by atoms with van der Waals surface area (Å²) in [5.74, 6) is 0.160. The molecule has 0 bridgehead atoms. The lowest BCUT2D eigenvalue weighted by atomic mass is 9.82. The van der Waals surface area contributed by atoms with Gasteiger partial charge in [0.2, 0.25) is 0 Å². The molecule has 0 spiro atoms. The molecule has 0 aromatic heterocycles. The number of carbonyl (C=O) groups is 2. The van der Waals surface area contributed by atoms with Crippen LogP contribution in [0.25, 0.3) is 5.57 Å². The highest BCUT2D eigenvalue weighted by molar-refractivity contribution is 9.10. The van der Waals surface area contributed by atoms with Crippen molar-refractivity contribution in [2.24, 2.45) is 0 Å². The molecular formula is C33H43BrN2O3. The minimum atomic E-state index is -0.318. The third-order valence-electron chi connectivity index (χ3n) is 7.44. The third kappa shape index (κ3) is 7.92. The van der Waals surface area contributed by atoms with Gasteiger partial charge in [0.05, 0.1) is 12.6 Å². The summed E-state index contributed by atoms with van der Waals surface area (Å²) in [6.45, 7) is 16.2. The molecule has 0 aliphatic carbocycles. The number of hydrogen-bond donors (Lipinski definition) is 0. The van der Waals surface area contributed by atoms with E-state index in [1.54, 1.807) is 0 Å². The molecule has 1 atom stereocenters. The van der Waals surface area contributed by atoms with E-state index in [-0.39, 0.29) is 17.9 Å². The molecule has 1 aliphatic heterocycles. The number of halogens is 1. The number of hydrogen-bond acceptors (Lipinski definition) is 4. The van der Waals surface area contributed by atoms with E-state index >= 15 is 0 Å². The van der Waals surface area contributed by atoms with Crippen molar-refractivity contribution in [1.29, 1.82) is 0 Å². The van der Waals surface area contributed by atoms with Gasteiger partial charge in [-0.2, -0.15) is 0 Å². The van der Waals surface area contributed by atoms with E-state index < -0.39 is 0 Å². The Kier molecular flexibility index (Phi) is 12.0. The zero-order valence-electron chi connectivity index (χ0n) is 24.0. The quantitative estimate of drug-likeness (QED) is 0.172. The van der Waals surface area contributed by atoms with Gasteiger partial charge in [0.1, 0.15) is 0 Å². The summed E-state index contributed by atoms with van der Waals surface area (Å²) in [6.07, 6.45) is 5.48. The van der Waals surface area contributed by atoms with Crippen molar-refractivity contribution in [3.8, 4) is 0 Å². The second kappa shape index (κ2) is 15.2. The minimum Gasteiger partial charge on any atom is -0.450 e. The fourth-order valence-corrected chi connectivity index (χ4v) is 5.84. The van der Waals surface area contributed by atoms with Crippen molar-refractivity contribution in [2.75, 3.05) is 32.8 Å². The Labute approximate surface area is 243 Å². The van der Waals surface area contributed by atoms with Crippen LogP contribution in [-0.2, 0) is 4.74 Å². The van der Waals surface area contributed by atoms with Crippen molar-refractivity contribution < 1.29 is 14.3 Å². The lowest BCUT2D eigenvalue weighted by Gasteiger charge is -2.39.